The van der Waals surface area contributed by atoms with E-state index in [-0.39, 0.29) is 17.4 Å². The average molecular weight is 276 g/mol. The van der Waals surface area contributed by atoms with Gasteiger partial charge in [0.15, 0.2) is 5.15 Å². The molecule has 0 bridgehead atoms. The van der Waals surface area contributed by atoms with Crippen molar-refractivity contribution in [2.24, 2.45) is 0 Å². The molecule has 0 aliphatic carbocycles. The van der Waals surface area contributed by atoms with Gasteiger partial charge in [-0.2, -0.15) is 18.3 Å². The Labute approximate surface area is 106 Å². The minimum Gasteiger partial charge on any atom is -0.382 e. The van der Waals surface area contributed by atoms with Crippen molar-refractivity contribution in [1.82, 2.24) is 9.61 Å². The molecule has 0 saturated carbocycles. The molecule has 0 aromatic carbocycles. The molecule has 1 aliphatic rings. The van der Waals surface area contributed by atoms with E-state index in [9.17, 15) is 13.2 Å². The lowest BCUT2D eigenvalue weighted by molar-refractivity contribution is -0.181. The number of aromatic nitrogens is 2. The van der Waals surface area contributed by atoms with Gasteiger partial charge >= 0.3 is 6.18 Å². The van der Waals surface area contributed by atoms with Gasteiger partial charge in [0.25, 0.3) is 0 Å². The summed E-state index contributed by atoms with van der Waals surface area (Å²) < 4.78 is 41.0. The molecule has 0 fully saturated rings. The molecule has 3 rings (SSSR count). The summed E-state index contributed by atoms with van der Waals surface area (Å²) in [4.78, 5) is 0. The smallest absolute Gasteiger partial charge is 0.382 e. The topological polar surface area (TPSA) is 29.3 Å². The first-order valence-electron chi connectivity index (χ1n) is 5.32. The number of anilines is 1. The molecule has 0 radical (unpaired) electrons. The van der Waals surface area contributed by atoms with Gasteiger partial charge in [-0.3, -0.25) is 0 Å². The van der Waals surface area contributed by atoms with E-state index in [0.29, 0.717) is 11.2 Å². The van der Waals surface area contributed by atoms with E-state index in [4.69, 9.17) is 11.6 Å². The van der Waals surface area contributed by atoms with Crippen LogP contribution < -0.4 is 5.32 Å². The minimum absolute atomic E-state index is 0.111. The number of fused-ring (bicyclic) bond motifs is 3. The first kappa shape index (κ1) is 11.6. The molecule has 18 heavy (non-hydrogen) atoms. The summed E-state index contributed by atoms with van der Waals surface area (Å²) in [6.07, 6.45) is -4.35. The second-order valence-electron chi connectivity index (χ2n) is 4.58. The highest BCUT2D eigenvalue weighted by Crippen LogP contribution is 2.47. The van der Waals surface area contributed by atoms with Crippen molar-refractivity contribution < 1.29 is 13.2 Å². The number of nitrogens with one attached hydrogen (secondary N) is 1. The number of nitrogens with zero attached hydrogens (tertiary/aromatic N) is 2. The second-order valence-corrected chi connectivity index (χ2v) is 4.97. The third-order valence-electron chi connectivity index (χ3n) is 3.38. The lowest BCUT2D eigenvalue weighted by Crippen LogP contribution is -2.42. The van der Waals surface area contributed by atoms with Crippen molar-refractivity contribution in [2.45, 2.75) is 18.5 Å². The van der Waals surface area contributed by atoms with Crippen LogP contribution in [0.4, 0.5) is 18.9 Å². The van der Waals surface area contributed by atoms with Crippen LogP contribution in [0.2, 0.25) is 5.15 Å². The summed E-state index contributed by atoms with van der Waals surface area (Å²) >= 11 is 5.76. The fraction of sp³-hybridized carbons (Fsp3) is 0.364. The number of halogens is 4. The highest BCUT2D eigenvalue weighted by Gasteiger charge is 2.57. The van der Waals surface area contributed by atoms with Gasteiger partial charge in [-0.25, -0.2) is 4.52 Å². The molecule has 3 nitrogen and oxygen atoms in total. The van der Waals surface area contributed by atoms with E-state index in [2.05, 4.69) is 10.4 Å². The van der Waals surface area contributed by atoms with Crippen molar-refractivity contribution in [2.75, 3.05) is 11.9 Å². The third kappa shape index (κ3) is 1.35. The van der Waals surface area contributed by atoms with Gasteiger partial charge < -0.3 is 5.32 Å². The Balaban J connectivity index is 2.35. The lowest BCUT2D eigenvalue weighted by Gasteiger charge is -2.27. The summed E-state index contributed by atoms with van der Waals surface area (Å²) in [5.41, 5.74) is -0.851. The quantitative estimate of drug-likeness (QED) is 0.800. The SMILES string of the molecule is C[C@@]1(C(F)(F)F)CNc2ccc3cc(Cl)nn3c21. The normalized spacial score (nSPS) is 23.2. The first-order valence-corrected chi connectivity index (χ1v) is 5.70. The lowest BCUT2D eigenvalue weighted by atomic mass is 9.87. The van der Waals surface area contributed by atoms with Crippen LogP contribution >= 0.6 is 11.6 Å². The van der Waals surface area contributed by atoms with Crippen molar-refractivity contribution in [1.29, 1.82) is 0 Å². The minimum atomic E-state index is -4.35. The van der Waals surface area contributed by atoms with Crippen molar-refractivity contribution in [3.05, 3.63) is 29.0 Å². The largest absolute Gasteiger partial charge is 0.401 e. The number of hydrogen-bond donors (Lipinski definition) is 1. The predicted molar refractivity (Wildman–Crippen MR) is 62.1 cm³/mol. The molecule has 1 aliphatic heterocycles. The summed E-state index contributed by atoms with van der Waals surface area (Å²) in [6, 6.07) is 4.85. The van der Waals surface area contributed by atoms with Crippen LogP contribution in [0.3, 0.4) is 0 Å². The Morgan fingerprint density at radius 2 is 2.17 bits per heavy atom. The Morgan fingerprint density at radius 3 is 2.83 bits per heavy atom. The Kier molecular flexibility index (Phi) is 2.15. The predicted octanol–water partition coefficient (Wildman–Crippen LogP) is 3.23. The van der Waals surface area contributed by atoms with Crippen molar-refractivity contribution in [3.8, 4) is 0 Å². The average Bonchev–Trinajstić information content (AvgIpc) is 2.78. The highest BCUT2D eigenvalue weighted by molar-refractivity contribution is 6.29. The maximum Gasteiger partial charge on any atom is 0.401 e. The van der Waals surface area contributed by atoms with Gasteiger partial charge in [-0.15, -0.1) is 0 Å². The summed E-state index contributed by atoms with van der Waals surface area (Å²) in [7, 11) is 0. The second kappa shape index (κ2) is 3.32. The van der Waals surface area contributed by atoms with Gasteiger partial charge in [-0.1, -0.05) is 11.6 Å². The zero-order valence-corrected chi connectivity index (χ0v) is 10.1. The van der Waals surface area contributed by atoms with E-state index in [1.807, 2.05) is 0 Å². The van der Waals surface area contributed by atoms with Gasteiger partial charge in [0.1, 0.15) is 5.41 Å². The van der Waals surface area contributed by atoms with Crippen molar-refractivity contribution in [3.63, 3.8) is 0 Å². The third-order valence-corrected chi connectivity index (χ3v) is 3.56. The standard InChI is InChI=1S/C11H9ClF3N3/c1-10(11(13,14)15)5-16-7-3-2-6-4-8(12)17-18(6)9(7)10/h2-4,16H,5H2,1H3/t10-/m1/s1. The van der Waals surface area contributed by atoms with Crippen LogP contribution in [0.1, 0.15) is 12.6 Å². The maximum atomic E-state index is 13.2. The molecule has 0 spiro atoms. The summed E-state index contributed by atoms with van der Waals surface area (Å²) in [6.45, 7) is 0.975. The van der Waals surface area contributed by atoms with Crippen molar-refractivity contribution >= 4 is 22.8 Å². The molecule has 3 heterocycles. The van der Waals surface area contributed by atoms with E-state index in [1.54, 1.807) is 12.1 Å². The van der Waals surface area contributed by atoms with Gasteiger partial charge in [0.2, 0.25) is 0 Å². The fourth-order valence-electron chi connectivity index (χ4n) is 2.29. The molecule has 0 unspecified atom stereocenters. The Bertz CT molecular complexity index is 634. The number of alkyl halides is 3. The molecule has 1 N–H and O–H groups in total. The zero-order chi connectivity index (χ0) is 13.1. The Morgan fingerprint density at radius 1 is 1.44 bits per heavy atom. The van der Waals surface area contributed by atoms with Crippen LogP contribution in [0.5, 0.6) is 0 Å². The van der Waals surface area contributed by atoms with Crippen LogP contribution in [0, 0.1) is 0 Å². The molecule has 96 valence electrons. The van der Waals surface area contributed by atoms with E-state index < -0.39 is 11.6 Å². The van der Waals surface area contributed by atoms with Crippen LogP contribution in [0.15, 0.2) is 18.2 Å². The first-order chi connectivity index (χ1) is 8.33. The monoisotopic (exact) mass is 275 g/mol. The number of pyridine rings is 1. The molecule has 2 aromatic heterocycles. The molecule has 1 atom stereocenters. The molecular formula is C11H9ClF3N3. The van der Waals surface area contributed by atoms with Crippen LogP contribution in [-0.4, -0.2) is 22.3 Å². The molecule has 7 heteroatoms. The van der Waals surface area contributed by atoms with Gasteiger partial charge in [-0.05, 0) is 19.1 Å². The molecule has 0 saturated heterocycles. The Hall–Kier alpha value is -1.43. The summed E-state index contributed by atoms with van der Waals surface area (Å²) in [5.74, 6) is 0. The molecular weight excluding hydrogens is 267 g/mol. The van der Waals surface area contributed by atoms with Gasteiger partial charge in [0, 0.05) is 12.6 Å². The van der Waals surface area contributed by atoms with Crippen LogP contribution in [-0.2, 0) is 5.41 Å². The number of hydrogen-bond acceptors (Lipinski definition) is 2. The van der Waals surface area contributed by atoms with Crippen LogP contribution in [0.25, 0.3) is 5.52 Å². The molecule has 0 amide bonds. The molecule has 2 aromatic rings. The highest BCUT2D eigenvalue weighted by atomic mass is 35.5. The van der Waals surface area contributed by atoms with Gasteiger partial charge in [0.05, 0.1) is 16.9 Å². The van der Waals surface area contributed by atoms with E-state index in [1.165, 1.54) is 17.5 Å². The number of rotatable bonds is 0. The van der Waals surface area contributed by atoms with E-state index in [0.717, 1.165) is 0 Å². The summed E-state index contributed by atoms with van der Waals surface area (Å²) in [5, 5.41) is 6.89. The fourth-order valence-corrected chi connectivity index (χ4v) is 2.48. The van der Waals surface area contributed by atoms with E-state index >= 15 is 0 Å². The zero-order valence-electron chi connectivity index (χ0n) is 9.35. The maximum absolute atomic E-state index is 13.2.